The van der Waals surface area contributed by atoms with Crippen molar-refractivity contribution in [3.05, 3.63) is 188 Å². The van der Waals surface area contributed by atoms with Crippen molar-refractivity contribution in [2.24, 2.45) is 0 Å². The monoisotopic (exact) mass is 620 g/mol. The SMILES string of the molecule is Cc1ccccc1P(=O)(c1ccccc1)c1cccc(-c2cccc(-c3c4ccccc4c(-c4ccccc4)c4ccccc34)c2)c1. The first-order valence-corrected chi connectivity index (χ1v) is 17.8. The summed E-state index contributed by atoms with van der Waals surface area (Å²) in [5, 5.41) is 7.49. The first-order chi connectivity index (χ1) is 23.1. The number of fused-ring (bicyclic) bond motifs is 2. The maximum atomic E-state index is 15.4. The van der Waals surface area contributed by atoms with Crippen LogP contribution in [0, 0.1) is 6.92 Å². The zero-order chi connectivity index (χ0) is 31.8. The third-order valence-electron chi connectivity index (χ3n) is 9.26. The molecule has 0 aliphatic heterocycles. The second-order valence-corrected chi connectivity index (χ2v) is 14.8. The maximum absolute atomic E-state index is 15.4. The third kappa shape index (κ3) is 5.01. The molecule has 1 unspecified atom stereocenters. The maximum Gasteiger partial charge on any atom is 0.171 e. The first-order valence-electron chi connectivity index (χ1n) is 16.0. The quantitative estimate of drug-likeness (QED) is 0.134. The lowest BCUT2D eigenvalue weighted by atomic mass is 9.85. The molecule has 8 aromatic rings. The van der Waals surface area contributed by atoms with Crippen LogP contribution in [0.25, 0.3) is 54.9 Å². The number of aryl methyl sites for hydroxylation is 1. The minimum atomic E-state index is -3.13. The van der Waals surface area contributed by atoms with Gasteiger partial charge >= 0.3 is 0 Å². The summed E-state index contributed by atoms with van der Waals surface area (Å²) in [5.74, 6) is 0. The van der Waals surface area contributed by atoms with Gasteiger partial charge in [-0.3, -0.25) is 0 Å². The van der Waals surface area contributed by atoms with E-state index in [1.54, 1.807) is 0 Å². The lowest BCUT2D eigenvalue weighted by Gasteiger charge is -2.22. The average Bonchev–Trinajstić information content (AvgIpc) is 3.14. The summed E-state index contributed by atoms with van der Waals surface area (Å²) in [6.07, 6.45) is 0. The molecule has 0 saturated heterocycles. The van der Waals surface area contributed by atoms with Gasteiger partial charge < -0.3 is 4.57 Å². The highest BCUT2D eigenvalue weighted by Gasteiger charge is 2.31. The van der Waals surface area contributed by atoms with Crippen LogP contribution in [0.4, 0.5) is 0 Å². The predicted octanol–water partition coefficient (Wildman–Crippen LogP) is 10.9. The molecule has 47 heavy (non-hydrogen) atoms. The molecule has 1 nitrogen and oxygen atoms in total. The largest absolute Gasteiger partial charge is 0.309 e. The summed E-state index contributed by atoms with van der Waals surface area (Å²) in [5.41, 5.74) is 8.03. The van der Waals surface area contributed by atoms with E-state index in [0.717, 1.165) is 38.2 Å². The van der Waals surface area contributed by atoms with Crippen LogP contribution in [0.15, 0.2) is 182 Å². The Balaban J connectivity index is 1.32. The average molecular weight is 621 g/mol. The second-order valence-electron chi connectivity index (χ2n) is 12.1. The molecule has 0 heterocycles. The van der Waals surface area contributed by atoms with Crippen molar-refractivity contribution < 1.29 is 4.57 Å². The molecule has 0 fully saturated rings. The Morgan fingerprint density at radius 2 is 0.787 bits per heavy atom. The summed E-state index contributed by atoms with van der Waals surface area (Å²) >= 11 is 0. The Hall–Kier alpha value is -5.49. The molecular weight excluding hydrogens is 587 g/mol. The molecule has 0 radical (unpaired) electrons. The van der Waals surface area contributed by atoms with E-state index < -0.39 is 7.14 Å². The van der Waals surface area contributed by atoms with E-state index >= 15 is 4.57 Å². The molecule has 1 atom stereocenters. The van der Waals surface area contributed by atoms with Crippen LogP contribution < -0.4 is 15.9 Å². The van der Waals surface area contributed by atoms with Crippen molar-refractivity contribution in [1.82, 2.24) is 0 Å². The van der Waals surface area contributed by atoms with E-state index in [0.29, 0.717) is 0 Å². The van der Waals surface area contributed by atoms with Gasteiger partial charge in [-0.1, -0.05) is 170 Å². The van der Waals surface area contributed by atoms with E-state index in [1.807, 2.05) is 60.7 Å². The fourth-order valence-corrected chi connectivity index (χ4v) is 10.0. The number of rotatable bonds is 6. The minimum Gasteiger partial charge on any atom is -0.309 e. The first kappa shape index (κ1) is 28.9. The van der Waals surface area contributed by atoms with Crippen molar-refractivity contribution in [1.29, 1.82) is 0 Å². The summed E-state index contributed by atoms with van der Waals surface area (Å²) in [6.45, 7) is 2.05. The lowest BCUT2D eigenvalue weighted by Crippen LogP contribution is -2.26. The Kier molecular flexibility index (Phi) is 7.41. The van der Waals surface area contributed by atoms with Gasteiger partial charge in [0.05, 0.1) is 0 Å². The number of hydrogen-bond acceptors (Lipinski definition) is 1. The van der Waals surface area contributed by atoms with E-state index in [1.165, 1.54) is 38.2 Å². The van der Waals surface area contributed by atoms with Crippen LogP contribution in [0.3, 0.4) is 0 Å². The van der Waals surface area contributed by atoms with Gasteiger partial charge in [0, 0.05) is 15.9 Å². The normalized spacial score (nSPS) is 12.6. The Morgan fingerprint density at radius 3 is 1.40 bits per heavy atom. The van der Waals surface area contributed by atoms with Crippen molar-refractivity contribution in [2.75, 3.05) is 0 Å². The topological polar surface area (TPSA) is 17.1 Å². The molecule has 0 aliphatic carbocycles. The Bertz CT molecular complexity index is 2390. The Labute approximate surface area is 276 Å². The molecule has 0 N–H and O–H groups in total. The van der Waals surface area contributed by atoms with E-state index in [2.05, 4.69) is 128 Å². The molecule has 0 spiro atoms. The van der Waals surface area contributed by atoms with E-state index in [9.17, 15) is 0 Å². The Morgan fingerprint density at radius 1 is 0.362 bits per heavy atom. The molecule has 8 aromatic carbocycles. The van der Waals surface area contributed by atoms with Crippen molar-refractivity contribution >= 4 is 44.6 Å². The molecule has 0 amide bonds. The van der Waals surface area contributed by atoms with Gasteiger partial charge in [-0.15, -0.1) is 0 Å². The van der Waals surface area contributed by atoms with Crippen LogP contribution in [-0.4, -0.2) is 0 Å². The van der Waals surface area contributed by atoms with Gasteiger partial charge in [-0.25, -0.2) is 0 Å². The van der Waals surface area contributed by atoms with Crippen LogP contribution >= 0.6 is 7.14 Å². The summed E-state index contributed by atoms with van der Waals surface area (Å²) in [4.78, 5) is 0. The van der Waals surface area contributed by atoms with Gasteiger partial charge in [0.1, 0.15) is 0 Å². The van der Waals surface area contributed by atoms with Gasteiger partial charge in [-0.05, 0) is 79.5 Å². The number of benzene rings is 8. The molecular formula is C45H33OP. The predicted molar refractivity (Wildman–Crippen MR) is 202 cm³/mol. The van der Waals surface area contributed by atoms with Crippen molar-refractivity contribution in [2.45, 2.75) is 6.92 Å². The number of hydrogen-bond donors (Lipinski definition) is 0. The van der Waals surface area contributed by atoms with Gasteiger partial charge in [0.2, 0.25) is 0 Å². The lowest BCUT2D eigenvalue weighted by molar-refractivity contribution is 0.592. The highest BCUT2D eigenvalue weighted by atomic mass is 31.2. The zero-order valence-corrected chi connectivity index (χ0v) is 27.1. The highest BCUT2D eigenvalue weighted by Crippen LogP contribution is 2.46. The highest BCUT2D eigenvalue weighted by molar-refractivity contribution is 7.85. The van der Waals surface area contributed by atoms with Crippen molar-refractivity contribution in [3.63, 3.8) is 0 Å². The summed E-state index contributed by atoms with van der Waals surface area (Å²) in [7, 11) is -3.13. The molecule has 2 heteroatoms. The molecule has 224 valence electrons. The molecule has 0 saturated carbocycles. The molecule has 0 bridgehead atoms. The van der Waals surface area contributed by atoms with Crippen LogP contribution in [0.2, 0.25) is 0 Å². The minimum absolute atomic E-state index is 0.837. The van der Waals surface area contributed by atoms with Gasteiger partial charge in [0.15, 0.2) is 7.14 Å². The standard InChI is InChI=1S/C45H33OP/c1-32-16-8-13-29-43(32)47(46,37-22-6-3-7-23-37)38-24-15-20-35(31-38)34-19-14-21-36(30-34)45-41-27-11-9-25-39(41)44(33-17-4-2-5-18-33)40-26-10-12-28-42(40)45/h2-31H,1H3. The molecule has 0 aliphatic rings. The summed E-state index contributed by atoms with van der Waals surface area (Å²) in [6, 6.07) is 63.3. The van der Waals surface area contributed by atoms with Crippen LogP contribution in [0.5, 0.6) is 0 Å². The fraction of sp³-hybridized carbons (Fsp3) is 0.0222. The van der Waals surface area contributed by atoms with Crippen LogP contribution in [0.1, 0.15) is 5.56 Å². The van der Waals surface area contributed by atoms with E-state index in [-0.39, 0.29) is 0 Å². The molecule has 8 rings (SSSR count). The zero-order valence-electron chi connectivity index (χ0n) is 26.2. The van der Waals surface area contributed by atoms with E-state index in [4.69, 9.17) is 0 Å². The second kappa shape index (κ2) is 12.0. The summed E-state index contributed by atoms with van der Waals surface area (Å²) < 4.78 is 15.4. The third-order valence-corrected chi connectivity index (χ3v) is 12.5. The fourth-order valence-electron chi connectivity index (χ4n) is 7.07. The van der Waals surface area contributed by atoms with Gasteiger partial charge in [0.25, 0.3) is 0 Å². The smallest absolute Gasteiger partial charge is 0.171 e. The van der Waals surface area contributed by atoms with Crippen LogP contribution in [-0.2, 0) is 4.57 Å². The van der Waals surface area contributed by atoms with Crippen molar-refractivity contribution in [3.8, 4) is 33.4 Å². The van der Waals surface area contributed by atoms with Gasteiger partial charge in [-0.2, -0.15) is 0 Å². The molecule has 0 aromatic heterocycles.